The Labute approximate surface area is 125 Å². The van der Waals surface area contributed by atoms with E-state index in [0.29, 0.717) is 5.54 Å². The summed E-state index contributed by atoms with van der Waals surface area (Å²) in [5.41, 5.74) is 7.39. The summed E-state index contributed by atoms with van der Waals surface area (Å²) in [6.07, 6.45) is 15.8. The molecule has 0 aromatic heterocycles. The zero-order valence-corrected chi connectivity index (χ0v) is 13.5. The van der Waals surface area contributed by atoms with Crippen LogP contribution in [-0.2, 0) is 0 Å². The van der Waals surface area contributed by atoms with Crippen LogP contribution in [0.3, 0.4) is 0 Å². The first-order valence-corrected chi connectivity index (χ1v) is 9.17. The quantitative estimate of drug-likeness (QED) is 0.844. The van der Waals surface area contributed by atoms with Gasteiger partial charge in [0.15, 0.2) is 0 Å². The molecule has 1 heterocycles. The maximum Gasteiger partial charge on any atom is 0.0332 e. The molecule has 1 saturated heterocycles. The first-order chi connectivity index (χ1) is 9.72. The molecule has 3 rings (SSSR count). The highest BCUT2D eigenvalue weighted by molar-refractivity contribution is 5.02. The van der Waals surface area contributed by atoms with Crippen molar-refractivity contribution < 1.29 is 0 Å². The monoisotopic (exact) mass is 278 g/mol. The maximum absolute atomic E-state index is 6.28. The van der Waals surface area contributed by atoms with Gasteiger partial charge < -0.3 is 5.73 Å². The van der Waals surface area contributed by atoms with Gasteiger partial charge in [-0.05, 0) is 69.2 Å². The van der Waals surface area contributed by atoms with Crippen molar-refractivity contribution in [3.63, 3.8) is 0 Å². The minimum atomic E-state index is 0.371. The molecule has 0 bridgehead atoms. The van der Waals surface area contributed by atoms with Crippen LogP contribution in [0, 0.1) is 11.3 Å². The lowest BCUT2D eigenvalue weighted by Gasteiger charge is -2.49. The minimum absolute atomic E-state index is 0.371. The van der Waals surface area contributed by atoms with E-state index in [1.165, 1.54) is 83.7 Å². The van der Waals surface area contributed by atoms with Crippen molar-refractivity contribution in [1.29, 1.82) is 0 Å². The topological polar surface area (TPSA) is 29.3 Å². The summed E-state index contributed by atoms with van der Waals surface area (Å²) in [5, 5.41) is 0. The van der Waals surface area contributed by atoms with Crippen molar-refractivity contribution in [2.24, 2.45) is 17.1 Å². The van der Waals surface area contributed by atoms with Crippen molar-refractivity contribution in [2.45, 2.75) is 83.1 Å². The molecule has 0 amide bonds. The highest BCUT2D eigenvalue weighted by Crippen LogP contribution is 2.52. The predicted molar refractivity (Wildman–Crippen MR) is 85.7 cm³/mol. The molecule has 1 aliphatic heterocycles. The molecule has 3 fully saturated rings. The molecule has 0 aromatic rings. The van der Waals surface area contributed by atoms with Crippen molar-refractivity contribution >= 4 is 0 Å². The van der Waals surface area contributed by atoms with E-state index in [1.807, 2.05) is 0 Å². The normalized spacial score (nSPS) is 33.0. The van der Waals surface area contributed by atoms with Crippen LogP contribution < -0.4 is 5.73 Å². The predicted octanol–water partition coefficient (Wildman–Crippen LogP) is 3.94. The molecule has 1 spiro atoms. The lowest BCUT2D eigenvalue weighted by molar-refractivity contribution is 0.0265. The Morgan fingerprint density at radius 3 is 2.35 bits per heavy atom. The standard InChI is InChI=1S/C18H34N2/c1-2-5-16-6-13-20(14-16)18(15-19)11-9-17(10-12-18)7-3-4-8-17/h16H,2-15,19H2,1H3. The second-order valence-corrected chi connectivity index (χ2v) is 8.02. The maximum atomic E-state index is 6.28. The van der Waals surface area contributed by atoms with Crippen LogP contribution in [0.1, 0.15) is 77.6 Å². The van der Waals surface area contributed by atoms with Gasteiger partial charge in [-0.25, -0.2) is 0 Å². The third kappa shape index (κ3) is 2.66. The van der Waals surface area contributed by atoms with Crippen LogP contribution in [0.4, 0.5) is 0 Å². The number of likely N-dealkylation sites (tertiary alicyclic amines) is 1. The largest absolute Gasteiger partial charge is 0.329 e. The first-order valence-electron chi connectivity index (χ1n) is 9.17. The molecule has 2 N–H and O–H groups in total. The highest BCUT2D eigenvalue weighted by atomic mass is 15.2. The van der Waals surface area contributed by atoms with Gasteiger partial charge in [-0.3, -0.25) is 4.90 Å². The summed E-state index contributed by atoms with van der Waals surface area (Å²) in [7, 11) is 0. The van der Waals surface area contributed by atoms with Gasteiger partial charge in [0.05, 0.1) is 0 Å². The molecule has 2 saturated carbocycles. The lowest BCUT2D eigenvalue weighted by Crippen LogP contribution is -2.56. The summed E-state index contributed by atoms with van der Waals surface area (Å²) in [6, 6.07) is 0. The lowest BCUT2D eigenvalue weighted by atomic mass is 9.66. The van der Waals surface area contributed by atoms with E-state index in [4.69, 9.17) is 5.73 Å². The van der Waals surface area contributed by atoms with Crippen molar-refractivity contribution in [3.05, 3.63) is 0 Å². The van der Waals surface area contributed by atoms with Gasteiger partial charge in [-0.1, -0.05) is 26.2 Å². The van der Waals surface area contributed by atoms with Crippen LogP contribution in [0.25, 0.3) is 0 Å². The molecule has 2 nitrogen and oxygen atoms in total. The van der Waals surface area contributed by atoms with Gasteiger partial charge in [0, 0.05) is 18.6 Å². The molecule has 0 radical (unpaired) electrons. The molecule has 0 aromatic carbocycles. The summed E-state index contributed by atoms with van der Waals surface area (Å²) in [4.78, 5) is 2.80. The van der Waals surface area contributed by atoms with Crippen molar-refractivity contribution in [3.8, 4) is 0 Å². The number of nitrogens with zero attached hydrogens (tertiary/aromatic N) is 1. The number of rotatable bonds is 4. The van der Waals surface area contributed by atoms with Crippen LogP contribution in [0.15, 0.2) is 0 Å². The zero-order chi connectivity index (χ0) is 14.1. The van der Waals surface area contributed by atoms with Crippen LogP contribution in [-0.4, -0.2) is 30.1 Å². The Kier molecular flexibility index (Phi) is 4.42. The Morgan fingerprint density at radius 2 is 1.75 bits per heavy atom. The summed E-state index contributed by atoms with van der Waals surface area (Å²) < 4.78 is 0. The average molecular weight is 278 g/mol. The van der Waals surface area contributed by atoms with E-state index in [1.54, 1.807) is 0 Å². The zero-order valence-electron chi connectivity index (χ0n) is 13.5. The van der Waals surface area contributed by atoms with E-state index >= 15 is 0 Å². The fourth-order valence-corrected chi connectivity index (χ4v) is 5.43. The SMILES string of the molecule is CCCC1CCN(C2(CN)CCC3(CCCC3)CC2)C1. The van der Waals surface area contributed by atoms with Gasteiger partial charge in [0.1, 0.15) is 0 Å². The minimum Gasteiger partial charge on any atom is -0.329 e. The molecule has 2 aliphatic carbocycles. The van der Waals surface area contributed by atoms with Gasteiger partial charge in [0.25, 0.3) is 0 Å². The van der Waals surface area contributed by atoms with Crippen LogP contribution in [0.2, 0.25) is 0 Å². The number of hydrogen-bond donors (Lipinski definition) is 1. The summed E-state index contributed by atoms with van der Waals surface area (Å²) in [6.45, 7) is 5.86. The van der Waals surface area contributed by atoms with Crippen molar-refractivity contribution in [1.82, 2.24) is 4.90 Å². The summed E-state index contributed by atoms with van der Waals surface area (Å²) >= 11 is 0. The molecule has 116 valence electrons. The fourth-order valence-electron chi connectivity index (χ4n) is 5.43. The molecule has 3 aliphatic rings. The molecule has 1 unspecified atom stereocenters. The van der Waals surface area contributed by atoms with E-state index in [2.05, 4.69) is 11.8 Å². The third-order valence-corrected chi connectivity index (χ3v) is 6.94. The van der Waals surface area contributed by atoms with Crippen LogP contribution in [0.5, 0.6) is 0 Å². The Balaban J connectivity index is 1.62. The van der Waals surface area contributed by atoms with Crippen LogP contribution >= 0.6 is 0 Å². The molecule has 1 atom stereocenters. The van der Waals surface area contributed by atoms with Crippen molar-refractivity contribution in [2.75, 3.05) is 19.6 Å². The van der Waals surface area contributed by atoms with E-state index < -0.39 is 0 Å². The van der Waals surface area contributed by atoms with E-state index in [9.17, 15) is 0 Å². The number of nitrogens with two attached hydrogens (primary N) is 1. The molecule has 20 heavy (non-hydrogen) atoms. The Hall–Kier alpha value is -0.0800. The fraction of sp³-hybridized carbons (Fsp3) is 1.00. The van der Waals surface area contributed by atoms with E-state index in [0.717, 1.165) is 17.9 Å². The van der Waals surface area contributed by atoms with Gasteiger partial charge in [-0.15, -0.1) is 0 Å². The third-order valence-electron chi connectivity index (χ3n) is 6.94. The molecule has 2 heteroatoms. The Morgan fingerprint density at radius 1 is 1.05 bits per heavy atom. The van der Waals surface area contributed by atoms with Gasteiger partial charge >= 0.3 is 0 Å². The second kappa shape index (κ2) is 5.96. The Bertz CT molecular complexity index is 309. The second-order valence-electron chi connectivity index (χ2n) is 8.02. The highest BCUT2D eigenvalue weighted by Gasteiger charge is 2.47. The van der Waals surface area contributed by atoms with Gasteiger partial charge in [-0.2, -0.15) is 0 Å². The smallest absolute Gasteiger partial charge is 0.0332 e. The average Bonchev–Trinajstić information content (AvgIpc) is 3.12. The first kappa shape index (κ1) is 14.8. The number of hydrogen-bond acceptors (Lipinski definition) is 2. The molecular formula is C18H34N2. The molecular weight excluding hydrogens is 244 g/mol. The summed E-state index contributed by atoms with van der Waals surface area (Å²) in [5.74, 6) is 0.950. The van der Waals surface area contributed by atoms with Gasteiger partial charge in [0.2, 0.25) is 0 Å². The van der Waals surface area contributed by atoms with E-state index in [-0.39, 0.29) is 0 Å².